The first-order valence-electron chi connectivity index (χ1n) is 11.7. The van der Waals surface area contributed by atoms with Crippen LogP contribution in [0.5, 0.6) is 0 Å². The second-order valence-electron chi connectivity index (χ2n) is 9.00. The molecule has 1 saturated carbocycles. The summed E-state index contributed by atoms with van der Waals surface area (Å²) in [6.45, 7) is 1.11. The van der Waals surface area contributed by atoms with Crippen molar-refractivity contribution in [2.45, 2.75) is 37.1 Å². The van der Waals surface area contributed by atoms with Gasteiger partial charge in [-0.25, -0.2) is 9.97 Å². The van der Waals surface area contributed by atoms with Crippen molar-refractivity contribution in [3.8, 4) is 22.6 Å². The van der Waals surface area contributed by atoms with Crippen molar-refractivity contribution in [3.05, 3.63) is 42.4 Å². The maximum Gasteiger partial charge on any atom is 0.257 e. The second kappa shape index (κ2) is 8.59. The fourth-order valence-electron chi connectivity index (χ4n) is 4.87. The van der Waals surface area contributed by atoms with E-state index in [1.807, 2.05) is 24.4 Å². The Labute approximate surface area is 201 Å². The highest BCUT2D eigenvalue weighted by atomic mass is 16.5. The molecule has 2 aromatic heterocycles. The summed E-state index contributed by atoms with van der Waals surface area (Å²) in [7, 11) is 3.49. The molecule has 0 radical (unpaired) electrons. The van der Waals surface area contributed by atoms with Crippen LogP contribution >= 0.6 is 0 Å². The van der Waals surface area contributed by atoms with Crippen LogP contribution in [0.2, 0.25) is 0 Å². The number of hydrogen-bond donors (Lipinski definition) is 3. The molecule has 1 aliphatic carbocycles. The number of amides is 1. The molecule has 182 valence electrons. The summed E-state index contributed by atoms with van der Waals surface area (Å²) in [5, 5.41) is 20.3. The smallest absolute Gasteiger partial charge is 0.257 e. The van der Waals surface area contributed by atoms with Gasteiger partial charge >= 0.3 is 0 Å². The Morgan fingerprint density at radius 2 is 2.14 bits per heavy atom. The van der Waals surface area contributed by atoms with E-state index in [1.54, 1.807) is 24.9 Å². The lowest BCUT2D eigenvalue weighted by Gasteiger charge is -2.32. The standard InChI is InChI=1S/C24H27N7O4/c1-25-21-8-17(28-23-15(10-27-31(21)23)24(33)29-16-5-6-19(16)32)14-9-26-22-13(14)4-3-7-30(22)18-11-35-12-20(18)34-2/h3-4,7-10,16,18-20,25,32H,5-6,11-12H2,1-2H3,(H,29,33)/t16?,18-,19?,20-/m0/s1. The van der Waals surface area contributed by atoms with Gasteiger partial charge in [0.05, 0.1) is 43.3 Å². The Morgan fingerprint density at radius 3 is 2.89 bits per heavy atom. The minimum Gasteiger partial charge on any atom is -0.391 e. The van der Waals surface area contributed by atoms with E-state index in [9.17, 15) is 9.90 Å². The number of aliphatic hydroxyl groups is 1. The highest BCUT2D eigenvalue weighted by molar-refractivity contribution is 6.00. The Hall–Kier alpha value is -3.54. The van der Waals surface area contributed by atoms with Crippen LogP contribution in [0.4, 0.5) is 5.82 Å². The van der Waals surface area contributed by atoms with Gasteiger partial charge in [0.25, 0.3) is 5.91 Å². The van der Waals surface area contributed by atoms with E-state index in [-0.39, 0.29) is 24.1 Å². The number of rotatable bonds is 6. The molecule has 0 aromatic carbocycles. The molecule has 5 heterocycles. The maximum absolute atomic E-state index is 13.0. The molecule has 11 heteroatoms. The summed E-state index contributed by atoms with van der Waals surface area (Å²) >= 11 is 0. The number of carbonyl (C=O) groups excluding carboxylic acids is 1. The van der Waals surface area contributed by atoms with Crippen LogP contribution in [0, 0.1) is 0 Å². The van der Waals surface area contributed by atoms with Crippen LogP contribution in [-0.2, 0) is 9.47 Å². The summed E-state index contributed by atoms with van der Waals surface area (Å²) < 4.78 is 15.0. The van der Waals surface area contributed by atoms with Crippen molar-refractivity contribution in [2.75, 3.05) is 32.7 Å². The number of nitrogens with zero attached hydrogens (tertiary/aromatic N) is 5. The minimum absolute atomic E-state index is 0.0294. The molecule has 0 bridgehead atoms. The van der Waals surface area contributed by atoms with Gasteiger partial charge in [-0.1, -0.05) is 0 Å². The summed E-state index contributed by atoms with van der Waals surface area (Å²) in [4.78, 5) is 22.5. The molecule has 6 rings (SSSR count). The third-order valence-electron chi connectivity index (χ3n) is 7.06. The molecule has 0 spiro atoms. The van der Waals surface area contributed by atoms with Crippen molar-refractivity contribution >= 4 is 17.4 Å². The molecule has 2 unspecified atom stereocenters. The van der Waals surface area contributed by atoms with Gasteiger partial charge in [-0.2, -0.15) is 9.61 Å². The molecular formula is C24H27N7O4. The summed E-state index contributed by atoms with van der Waals surface area (Å²) in [6, 6.07) is 5.68. The van der Waals surface area contributed by atoms with Crippen molar-refractivity contribution in [3.63, 3.8) is 0 Å². The Balaban J connectivity index is 1.40. The average Bonchev–Trinajstić information content (AvgIpc) is 3.63. The molecule has 35 heavy (non-hydrogen) atoms. The second-order valence-corrected chi connectivity index (χ2v) is 9.00. The number of anilines is 1. The van der Waals surface area contributed by atoms with Gasteiger partial charge in [-0.3, -0.25) is 4.79 Å². The molecule has 4 aliphatic rings. The first-order valence-corrected chi connectivity index (χ1v) is 11.7. The topological polar surface area (TPSA) is 128 Å². The zero-order valence-electron chi connectivity index (χ0n) is 19.5. The number of fused-ring (bicyclic) bond motifs is 2. The molecule has 2 fully saturated rings. The first-order chi connectivity index (χ1) is 17.1. The number of aliphatic hydroxyl groups excluding tert-OH is 1. The Kier molecular flexibility index (Phi) is 5.39. The van der Waals surface area contributed by atoms with Gasteiger partial charge in [-0.05, 0) is 25.0 Å². The van der Waals surface area contributed by atoms with Crippen molar-refractivity contribution in [2.24, 2.45) is 0 Å². The van der Waals surface area contributed by atoms with Crippen molar-refractivity contribution in [1.29, 1.82) is 0 Å². The van der Waals surface area contributed by atoms with E-state index in [0.29, 0.717) is 42.4 Å². The zero-order chi connectivity index (χ0) is 24.1. The third kappa shape index (κ3) is 3.54. The number of methoxy groups -OCH3 is 1. The molecule has 4 atom stereocenters. The third-order valence-corrected chi connectivity index (χ3v) is 7.06. The lowest BCUT2D eigenvalue weighted by molar-refractivity contribution is 0.0448. The normalized spacial score (nSPS) is 24.1. The summed E-state index contributed by atoms with van der Waals surface area (Å²) in [6.07, 6.45) is 6.21. The van der Waals surface area contributed by atoms with Gasteiger partial charge in [0.2, 0.25) is 0 Å². The fourth-order valence-corrected chi connectivity index (χ4v) is 4.87. The average molecular weight is 478 g/mol. The lowest BCUT2D eigenvalue weighted by Crippen LogP contribution is -2.50. The largest absolute Gasteiger partial charge is 0.391 e. The maximum atomic E-state index is 13.0. The summed E-state index contributed by atoms with van der Waals surface area (Å²) in [5.41, 5.74) is 3.25. The van der Waals surface area contributed by atoms with Crippen molar-refractivity contribution < 1.29 is 19.4 Å². The van der Waals surface area contributed by atoms with Crippen molar-refractivity contribution in [1.82, 2.24) is 29.5 Å². The summed E-state index contributed by atoms with van der Waals surface area (Å²) in [5.74, 6) is 1.21. The van der Waals surface area contributed by atoms with Crippen LogP contribution < -0.4 is 10.6 Å². The Morgan fingerprint density at radius 1 is 1.26 bits per heavy atom. The number of hydrogen-bond acceptors (Lipinski definition) is 8. The quantitative estimate of drug-likeness (QED) is 0.382. The first kappa shape index (κ1) is 22.0. The molecular weight excluding hydrogens is 450 g/mol. The highest BCUT2D eigenvalue weighted by Gasteiger charge is 2.33. The van der Waals surface area contributed by atoms with E-state index in [2.05, 4.69) is 20.3 Å². The SMILES string of the molecule is CNc1cc(-c2cnc3n([C@H]4COC[C@@H]4OC)cccc2-3)nc2c(C(=O)NC3CCC3O)cnn12. The number of nitrogens with one attached hydrogen (secondary N) is 2. The minimum atomic E-state index is -0.506. The van der Waals surface area contributed by atoms with E-state index in [0.717, 1.165) is 23.4 Å². The van der Waals surface area contributed by atoms with Crippen LogP contribution in [0.25, 0.3) is 28.3 Å². The molecule has 1 amide bonds. The number of pyridine rings is 1. The molecule has 1 saturated heterocycles. The van der Waals surface area contributed by atoms with E-state index >= 15 is 0 Å². The number of ether oxygens (including phenoxy) is 2. The van der Waals surface area contributed by atoms with E-state index in [1.165, 1.54) is 6.20 Å². The van der Waals surface area contributed by atoms with E-state index in [4.69, 9.17) is 19.4 Å². The monoisotopic (exact) mass is 477 g/mol. The molecule has 2 aromatic rings. The molecule has 3 N–H and O–H groups in total. The van der Waals surface area contributed by atoms with Gasteiger partial charge in [0.15, 0.2) is 5.65 Å². The van der Waals surface area contributed by atoms with Gasteiger partial charge in [0, 0.05) is 43.7 Å². The van der Waals surface area contributed by atoms with Gasteiger partial charge < -0.3 is 29.8 Å². The van der Waals surface area contributed by atoms with E-state index < -0.39 is 6.10 Å². The number of aromatic nitrogens is 5. The predicted molar refractivity (Wildman–Crippen MR) is 128 cm³/mol. The fraction of sp³-hybridized carbons (Fsp3) is 0.417. The highest BCUT2D eigenvalue weighted by Crippen LogP contribution is 2.36. The lowest BCUT2D eigenvalue weighted by atomic mass is 9.89. The predicted octanol–water partition coefficient (Wildman–Crippen LogP) is 1.58. The molecule has 11 nitrogen and oxygen atoms in total. The van der Waals surface area contributed by atoms with Crippen LogP contribution in [0.1, 0.15) is 29.2 Å². The van der Waals surface area contributed by atoms with Gasteiger partial charge in [0.1, 0.15) is 23.3 Å². The van der Waals surface area contributed by atoms with Crippen LogP contribution in [0.15, 0.2) is 36.8 Å². The Bertz CT molecular complexity index is 1370. The van der Waals surface area contributed by atoms with Crippen LogP contribution in [-0.4, -0.2) is 80.8 Å². The molecule has 3 aliphatic heterocycles. The van der Waals surface area contributed by atoms with Crippen LogP contribution in [0.3, 0.4) is 0 Å². The number of carbonyl (C=O) groups is 1. The zero-order valence-corrected chi connectivity index (χ0v) is 19.5. The van der Waals surface area contributed by atoms with Gasteiger partial charge in [-0.15, -0.1) is 0 Å².